The van der Waals surface area contributed by atoms with Crippen molar-refractivity contribution in [2.45, 2.75) is 43.4 Å². The Hall–Kier alpha value is -1.87. The molecule has 9 heteroatoms. The molecule has 1 atom stereocenters. The summed E-state index contributed by atoms with van der Waals surface area (Å²) in [6, 6.07) is 9.44. The average Bonchev–Trinajstić information content (AvgIpc) is 3.32. The lowest BCUT2D eigenvalue weighted by atomic mass is 10.2. The van der Waals surface area contributed by atoms with E-state index in [-0.39, 0.29) is 29.2 Å². The highest BCUT2D eigenvalue weighted by Crippen LogP contribution is 2.38. The third-order valence-electron chi connectivity index (χ3n) is 4.95. The Morgan fingerprint density at radius 3 is 2.59 bits per heavy atom. The molecule has 144 valence electrons. The largest absolute Gasteiger partial charge is 0.308 e. The van der Waals surface area contributed by atoms with Gasteiger partial charge in [0.1, 0.15) is 5.82 Å². The van der Waals surface area contributed by atoms with E-state index in [0.717, 1.165) is 29.5 Å². The zero-order chi connectivity index (χ0) is 19.0. The molecule has 1 saturated carbocycles. The number of carbonyl (C=O) groups excluding carboxylic acids is 1. The SMILES string of the molecule is Cc1nnc(SCC(=O)N(c2ccccc2)C2CCS(=O)(=O)C2)n1C1CC1. The van der Waals surface area contributed by atoms with Crippen LogP contribution in [0.15, 0.2) is 35.5 Å². The predicted molar refractivity (Wildman–Crippen MR) is 105 cm³/mol. The van der Waals surface area contributed by atoms with Gasteiger partial charge >= 0.3 is 0 Å². The molecule has 0 bridgehead atoms. The number of amides is 1. The topological polar surface area (TPSA) is 85.2 Å². The number of benzene rings is 1. The van der Waals surface area contributed by atoms with Crippen molar-refractivity contribution in [2.75, 3.05) is 22.2 Å². The number of nitrogens with zero attached hydrogens (tertiary/aromatic N) is 4. The number of anilines is 1. The third-order valence-corrected chi connectivity index (χ3v) is 7.63. The van der Waals surface area contributed by atoms with Gasteiger partial charge in [0.15, 0.2) is 15.0 Å². The van der Waals surface area contributed by atoms with Gasteiger partial charge in [-0.1, -0.05) is 30.0 Å². The summed E-state index contributed by atoms with van der Waals surface area (Å²) in [5.74, 6) is 1.13. The van der Waals surface area contributed by atoms with E-state index in [9.17, 15) is 13.2 Å². The van der Waals surface area contributed by atoms with Crippen LogP contribution >= 0.6 is 11.8 Å². The molecule has 1 aromatic heterocycles. The number of aromatic nitrogens is 3. The van der Waals surface area contributed by atoms with Gasteiger partial charge in [0.2, 0.25) is 5.91 Å². The molecule has 0 spiro atoms. The standard InChI is InChI=1S/C18H22N4O3S2/c1-13-19-20-18(21(13)15-7-8-15)26-11-17(23)22(14-5-3-2-4-6-14)16-9-10-27(24,25)12-16/h2-6,15-16H,7-12H2,1H3. The van der Waals surface area contributed by atoms with Crippen LogP contribution in [0.2, 0.25) is 0 Å². The van der Waals surface area contributed by atoms with Crippen LogP contribution in [0.1, 0.15) is 31.1 Å². The first-order chi connectivity index (χ1) is 12.9. The Kier molecular flexibility index (Phi) is 4.98. The van der Waals surface area contributed by atoms with Crippen molar-refractivity contribution < 1.29 is 13.2 Å². The van der Waals surface area contributed by atoms with E-state index in [1.54, 1.807) is 4.90 Å². The van der Waals surface area contributed by atoms with E-state index in [0.29, 0.717) is 12.5 Å². The lowest BCUT2D eigenvalue weighted by Gasteiger charge is -2.28. The Morgan fingerprint density at radius 2 is 1.96 bits per heavy atom. The minimum atomic E-state index is -3.08. The van der Waals surface area contributed by atoms with Crippen LogP contribution in [-0.4, -0.2) is 52.4 Å². The summed E-state index contributed by atoms with van der Waals surface area (Å²) in [7, 11) is -3.08. The van der Waals surface area contributed by atoms with Crippen LogP contribution in [0.4, 0.5) is 5.69 Å². The normalized spacial score (nSPS) is 21.3. The first-order valence-electron chi connectivity index (χ1n) is 9.06. The lowest BCUT2D eigenvalue weighted by Crippen LogP contribution is -2.42. The first kappa shape index (κ1) is 18.5. The number of para-hydroxylation sites is 1. The molecule has 0 radical (unpaired) electrons. The summed E-state index contributed by atoms with van der Waals surface area (Å²) in [6.07, 6.45) is 2.72. The predicted octanol–water partition coefficient (Wildman–Crippen LogP) is 2.23. The van der Waals surface area contributed by atoms with Gasteiger partial charge in [-0.2, -0.15) is 0 Å². The van der Waals surface area contributed by atoms with Crippen LogP contribution in [0, 0.1) is 6.92 Å². The van der Waals surface area contributed by atoms with Gasteiger partial charge in [0, 0.05) is 11.7 Å². The minimum absolute atomic E-state index is 0.0235. The van der Waals surface area contributed by atoms with Crippen molar-refractivity contribution in [3.63, 3.8) is 0 Å². The molecule has 2 fully saturated rings. The van der Waals surface area contributed by atoms with Gasteiger partial charge in [-0.15, -0.1) is 10.2 Å². The van der Waals surface area contributed by atoms with E-state index in [4.69, 9.17) is 0 Å². The van der Waals surface area contributed by atoms with E-state index in [2.05, 4.69) is 14.8 Å². The maximum absolute atomic E-state index is 13.1. The fraction of sp³-hybridized carbons (Fsp3) is 0.500. The summed E-state index contributed by atoms with van der Waals surface area (Å²) >= 11 is 1.37. The molecule has 2 aliphatic rings. The number of thioether (sulfide) groups is 1. The van der Waals surface area contributed by atoms with Crippen LogP contribution in [-0.2, 0) is 14.6 Å². The molecule has 1 amide bonds. The Morgan fingerprint density at radius 1 is 1.22 bits per heavy atom. The zero-order valence-electron chi connectivity index (χ0n) is 15.1. The molecular formula is C18H22N4O3S2. The highest BCUT2D eigenvalue weighted by atomic mass is 32.2. The minimum Gasteiger partial charge on any atom is -0.308 e. The molecule has 1 aliphatic carbocycles. The van der Waals surface area contributed by atoms with E-state index in [1.165, 1.54) is 11.8 Å². The summed E-state index contributed by atoms with van der Waals surface area (Å²) in [4.78, 5) is 14.7. The highest BCUT2D eigenvalue weighted by Gasteiger charge is 2.36. The molecule has 2 heterocycles. The number of aryl methyl sites for hydroxylation is 1. The zero-order valence-corrected chi connectivity index (χ0v) is 16.7. The van der Waals surface area contributed by atoms with E-state index < -0.39 is 9.84 Å². The number of rotatable bonds is 6. The second-order valence-electron chi connectivity index (χ2n) is 7.08. The Balaban J connectivity index is 1.53. The van der Waals surface area contributed by atoms with E-state index >= 15 is 0 Å². The van der Waals surface area contributed by atoms with Crippen LogP contribution in [0.5, 0.6) is 0 Å². The molecule has 1 unspecified atom stereocenters. The quantitative estimate of drug-likeness (QED) is 0.684. The second-order valence-corrected chi connectivity index (χ2v) is 10.2. The second kappa shape index (κ2) is 7.27. The monoisotopic (exact) mass is 406 g/mol. The van der Waals surface area contributed by atoms with Crippen LogP contribution in [0.3, 0.4) is 0 Å². The average molecular weight is 407 g/mol. The van der Waals surface area contributed by atoms with Crippen LogP contribution in [0.25, 0.3) is 0 Å². The van der Waals surface area contributed by atoms with Crippen molar-refractivity contribution in [3.8, 4) is 0 Å². The summed E-state index contributed by atoms with van der Waals surface area (Å²) < 4.78 is 26.0. The molecule has 1 aliphatic heterocycles. The first-order valence-corrected chi connectivity index (χ1v) is 11.9. The van der Waals surface area contributed by atoms with E-state index in [1.807, 2.05) is 37.3 Å². The third kappa shape index (κ3) is 4.03. The summed E-state index contributed by atoms with van der Waals surface area (Å²) in [6.45, 7) is 1.93. The van der Waals surface area contributed by atoms with Crippen molar-refractivity contribution in [3.05, 3.63) is 36.2 Å². The molecule has 1 aromatic carbocycles. The van der Waals surface area contributed by atoms with Crippen molar-refractivity contribution >= 4 is 33.2 Å². The fourth-order valence-corrected chi connectivity index (χ4v) is 6.13. The summed E-state index contributed by atoms with van der Waals surface area (Å²) in [5, 5.41) is 9.11. The molecule has 0 N–H and O–H groups in total. The molecule has 7 nitrogen and oxygen atoms in total. The molecule has 27 heavy (non-hydrogen) atoms. The summed E-state index contributed by atoms with van der Waals surface area (Å²) in [5.41, 5.74) is 0.741. The van der Waals surface area contributed by atoms with Crippen LogP contribution < -0.4 is 4.90 Å². The van der Waals surface area contributed by atoms with Gasteiger partial charge < -0.3 is 9.47 Å². The molecule has 4 rings (SSSR count). The van der Waals surface area contributed by atoms with Gasteiger partial charge in [0.05, 0.1) is 23.3 Å². The number of carbonyl (C=O) groups is 1. The van der Waals surface area contributed by atoms with Crippen molar-refractivity contribution in [1.29, 1.82) is 0 Å². The van der Waals surface area contributed by atoms with Gasteiger partial charge in [-0.3, -0.25) is 4.79 Å². The fourth-order valence-electron chi connectivity index (χ4n) is 3.52. The van der Waals surface area contributed by atoms with Gasteiger partial charge in [-0.25, -0.2) is 8.42 Å². The Bertz CT molecular complexity index is 939. The molecular weight excluding hydrogens is 384 g/mol. The van der Waals surface area contributed by atoms with Crippen molar-refractivity contribution in [1.82, 2.24) is 14.8 Å². The van der Waals surface area contributed by atoms with Gasteiger partial charge in [0.25, 0.3) is 0 Å². The molecule has 1 saturated heterocycles. The number of sulfone groups is 1. The van der Waals surface area contributed by atoms with Crippen molar-refractivity contribution in [2.24, 2.45) is 0 Å². The maximum Gasteiger partial charge on any atom is 0.237 e. The lowest BCUT2D eigenvalue weighted by molar-refractivity contribution is -0.116. The Labute approximate surface area is 163 Å². The maximum atomic E-state index is 13.1. The number of hydrogen-bond donors (Lipinski definition) is 0. The molecule has 2 aromatic rings. The van der Waals surface area contributed by atoms with Gasteiger partial charge in [-0.05, 0) is 38.3 Å². The smallest absolute Gasteiger partial charge is 0.237 e. The highest BCUT2D eigenvalue weighted by molar-refractivity contribution is 7.99. The number of hydrogen-bond acceptors (Lipinski definition) is 6.